The highest BCUT2D eigenvalue weighted by molar-refractivity contribution is 7.92. The Labute approximate surface area is 110 Å². The average Bonchev–Trinajstić information content (AvgIpc) is 2.39. The molecule has 88 valence electrons. The van der Waals surface area contributed by atoms with Gasteiger partial charge in [0.25, 0.3) is 0 Å². The molecule has 0 saturated carbocycles. The van der Waals surface area contributed by atoms with Crippen LogP contribution < -0.4 is 0 Å². The van der Waals surface area contributed by atoms with E-state index in [2.05, 4.69) is 0 Å². The number of hydrogen-bond acceptors (Lipinski definition) is 1. The lowest BCUT2D eigenvalue weighted by Crippen LogP contribution is -2.08. The SMILES string of the molecule is Cc1ccc([S+]([O-])C(Cl)c2ccccc2)cc1. The van der Waals surface area contributed by atoms with Gasteiger partial charge in [0.2, 0.25) is 4.71 Å². The Morgan fingerprint density at radius 1 is 1.00 bits per heavy atom. The molecule has 0 aliphatic heterocycles. The first-order valence-electron chi connectivity index (χ1n) is 5.35. The number of alkyl halides is 1. The lowest BCUT2D eigenvalue weighted by Gasteiger charge is -2.16. The van der Waals surface area contributed by atoms with Gasteiger partial charge in [-0.15, -0.1) is 0 Å². The summed E-state index contributed by atoms with van der Waals surface area (Å²) < 4.78 is 11.7. The van der Waals surface area contributed by atoms with Crippen LogP contribution in [0.3, 0.4) is 0 Å². The Morgan fingerprint density at radius 3 is 2.18 bits per heavy atom. The Balaban J connectivity index is 2.20. The molecule has 1 nitrogen and oxygen atoms in total. The fraction of sp³-hybridized carbons (Fsp3) is 0.143. The predicted molar refractivity (Wildman–Crippen MR) is 72.6 cm³/mol. The molecule has 0 spiro atoms. The zero-order valence-corrected chi connectivity index (χ0v) is 11.0. The maximum absolute atomic E-state index is 12.2. The smallest absolute Gasteiger partial charge is 0.219 e. The van der Waals surface area contributed by atoms with E-state index < -0.39 is 15.9 Å². The highest BCUT2D eigenvalue weighted by Gasteiger charge is 2.23. The van der Waals surface area contributed by atoms with Crippen LogP contribution in [0.2, 0.25) is 0 Å². The summed E-state index contributed by atoms with van der Waals surface area (Å²) in [5.74, 6) is 0. The van der Waals surface area contributed by atoms with E-state index in [0.29, 0.717) is 0 Å². The van der Waals surface area contributed by atoms with Crippen molar-refractivity contribution in [3.8, 4) is 0 Å². The predicted octanol–water partition coefficient (Wildman–Crippen LogP) is 4.04. The van der Waals surface area contributed by atoms with Gasteiger partial charge in [0, 0.05) is 16.7 Å². The Hall–Kier alpha value is -0.960. The van der Waals surface area contributed by atoms with Crippen molar-refractivity contribution in [1.29, 1.82) is 0 Å². The molecule has 0 radical (unpaired) electrons. The van der Waals surface area contributed by atoms with Crippen molar-refractivity contribution in [3.05, 3.63) is 65.7 Å². The molecule has 2 atom stereocenters. The Kier molecular flexibility index (Phi) is 4.11. The molecule has 0 heterocycles. The first-order chi connectivity index (χ1) is 8.18. The highest BCUT2D eigenvalue weighted by atomic mass is 35.5. The van der Waals surface area contributed by atoms with Crippen LogP contribution in [0.25, 0.3) is 0 Å². The van der Waals surface area contributed by atoms with Crippen LogP contribution in [0.15, 0.2) is 59.5 Å². The molecule has 0 aliphatic carbocycles. The average molecular weight is 265 g/mol. The second kappa shape index (κ2) is 5.58. The zero-order valence-electron chi connectivity index (χ0n) is 9.47. The molecule has 17 heavy (non-hydrogen) atoms. The van der Waals surface area contributed by atoms with Gasteiger partial charge in [-0.3, -0.25) is 0 Å². The molecule has 0 fully saturated rings. The third-order valence-electron chi connectivity index (χ3n) is 2.50. The van der Waals surface area contributed by atoms with Crippen LogP contribution in [0.1, 0.15) is 15.8 Å². The van der Waals surface area contributed by atoms with E-state index in [9.17, 15) is 4.55 Å². The molecule has 2 rings (SSSR count). The summed E-state index contributed by atoms with van der Waals surface area (Å²) in [6.07, 6.45) is 0. The molecule has 2 unspecified atom stereocenters. The van der Waals surface area contributed by atoms with E-state index in [4.69, 9.17) is 11.6 Å². The van der Waals surface area contributed by atoms with Crippen molar-refractivity contribution < 1.29 is 4.55 Å². The number of rotatable bonds is 3. The molecule has 2 aromatic carbocycles. The minimum Gasteiger partial charge on any atom is -0.610 e. The molecule has 0 amide bonds. The summed E-state index contributed by atoms with van der Waals surface area (Å²) in [6, 6.07) is 17.1. The fourth-order valence-corrected chi connectivity index (χ4v) is 3.02. The van der Waals surface area contributed by atoms with Gasteiger partial charge in [-0.05, 0) is 19.1 Å². The van der Waals surface area contributed by atoms with Crippen LogP contribution in [-0.2, 0) is 11.2 Å². The van der Waals surface area contributed by atoms with Crippen LogP contribution in [0.5, 0.6) is 0 Å². The molecule has 0 aliphatic rings. The normalized spacial score (nSPS) is 14.3. The van der Waals surface area contributed by atoms with Gasteiger partial charge in [0.15, 0.2) is 4.90 Å². The third kappa shape index (κ3) is 3.03. The van der Waals surface area contributed by atoms with Gasteiger partial charge in [-0.2, -0.15) is 0 Å². The summed E-state index contributed by atoms with van der Waals surface area (Å²) in [7, 11) is 0. The van der Waals surface area contributed by atoms with Crippen LogP contribution in [-0.4, -0.2) is 4.55 Å². The monoisotopic (exact) mass is 264 g/mol. The standard InChI is InChI=1S/C14H13ClOS/c1-11-7-9-13(10-8-11)17(16)14(15)12-5-3-2-4-6-12/h2-10,14H,1H3. The lowest BCUT2D eigenvalue weighted by atomic mass is 10.2. The maximum atomic E-state index is 12.2. The van der Waals surface area contributed by atoms with E-state index in [-0.39, 0.29) is 0 Å². The quantitative estimate of drug-likeness (QED) is 0.606. The molecule has 0 saturated heterocycles. The van der Waals surface area contributed by atoms with Gasteiger partial charge in [-0.1, -0.05) is 59.6 Å². The maximum Gasteiger partial charge on any atom is 0.219 e. The van der Waals surface area contributed by atoms with Gasteiger partial charge >= 0.3 is 0 Å². The molecule has 2 aromatic rings. The molecule has 0 bridgehead atoms. The number of benzene rings is 2. The largest absolute Gasteiger partial charge is 0.610 e. The number of hydrogen-bond donors (Lipinski definition) is 0. The second-order valence-corrected chi connectivity index (χ2v) is 6.07. The third-order valence-corrected chi connectivity index (χ3v) is 4.63. The van der Waals surface area contributed by atoms with E-state index in [1.54, 1.807) is 0 Å². The van der Waals surface area contributed by atoms with Gasteiger partial charge in [0.1, 0.15) is 0 Å². The first-order valence-corrected chi connectivity index (χ1v) is 6.99. The molecule has 0 aromatic heterocycles. The summed E-state index contributed by atoms with van der Waals surface area (Å²) in [5, 5.41) is 0. The van der Waals surface area contributed by atoms with Gasteiger partial charge in [0.05, 0.1) is 0 Å². The highest BCUT2D eigenvalue weighted by Crippen LogP contribution is 2.32. The van der Waals surface area contributed by atoms with Crippen molar-refractivity contribution in [2.45, 2.75) is 16.5 Å². The second-order valence-electron chi connectivity index (χ2n) is 3.84. The minimum atomic E-state index is -1.22. The molecular weight excluding hydrogens is 252 g/mol. The van der Waals surface area contributed by atoms with Crippen LogP contribution >= 0.6 is 11.6 Å². The fourth-order valence-electron chi connectivity index (χ4n) is 1.52. The number of halogens is 1. The topological polar surface area (TPSA) is 23.1 Å². The molecule has 3 heteroatoms. The first kappa shape index (κ1) is 12.5. The lowest BCUT2D eigenvalue weighted by molar-refractivity contribution is 0.592. The van der Waals surface area contributed by atoms with Crippen LogP contribution in [0, 0.1) is 6.92 Å². The van der Waals surface area contributed by atoms with Crippen molar-refractivity contribution in [3.63, 3.8) is 0 Å². The van der Waals surface area contributed by atoms with Crippen molar-refractivity contribution >= 4 is 22.8 Å². The van der Waals surface area contributed by atoms with E-state index >= 15 is 0 Å². The Morgan fingerprint density at radius 2 is 1.59 bits per heavy atom. The van der Waals surface area contributed by atoms with E-state index in [0.717, 1.165) is 16.0 Å². The molecule has 0 N–H and O–H groups in total. The van der Waals surface area contributed by atoms with Crippen molar-refractivity contribution in [2.24, 2.45) is 0 Å². The number of aryl methyl sites for hydroxylation is 1. The minimum absolute atomic E-state index is 0.501. The van der Waals surface area contributed by atoms with Gasteiger partial charge in [-0.25, -0.2) is 0 Å². The summed E-state index contributed by atoms with van der Waals surface area (Å²) in [5.41, 5.74) is 2.03. The van der Waals surface area contributed by atoms with Crippen molar-refractivity contribution in [2.75, 3.05) is 0 Å². The molecular formula is C14H13ClOS. The van der Waals surface area contributed by atoms with Crippen LogP contribution in [0.4, 0.5) is 0 Å². The summed E-state index contributed by atoms with van der Waals surface area (Å²) in [6.45, 7) is 2.00. The zero-order chi connectivity index (χ0) is 12.3. The van der Waals surface area contributed by atoms with E-state index in [1.165, 1.54) is 0 Å². The van der Waals surface area contributed by atoms with E-state index in [1.807, 2.05) is 61.5 Å². The van der Waals surface area contributed by atoms with Gasteiger partial charge < -0.3 is 4.55 Å². The summed E-state index contributed by atoms with van der Waals surface area (Å²) >= 11 is 5.01. The Bertz CT molecular complexity index is 469. The van der Waals surface area contributed by atoms with Crippen molar-refractivity contribution in [1.82, 2.24) is 0 Å². The summed E-state index contributed by atoms with van der Waals surface area (Å²) in [4.78, 5) is 0.763.